The van der Waals surface area contributed by atoms with Gasteiger partial charge in [-0.15, -0.1) is 0 Å². The maximum atomic E-state index is 12.2. The topological polar surface area (TPSA) is 56.8 Å². The molecule has 0 saturated carbocycles. The average molecular weight is 327 g/mol. The number of hydrogen-bond acceptors (Lipinski definition) is 4. The van der Waals surface area contributed by atoms with Crippen molar-refractivity contribution in [1.29, 1.82) is 0 Å². The minimum Gasteiger partial charge on any atom is -0.497 e. The summed E-state index contributed by atoms with van der Waals surface area (Å²) in [5.41, 5.74) is 2.47. The fraction of sp³-hybridized carbons (Fsp3) is 0.211. The van der Waals surface area contributed by atoms with Crippen LogP contribution >= 0.6 is 0 Å². The van der Waals surface area contributed by atoms with Crippen LogP contribution in [0.25, 0.3) is 6.08 Å². The number of nitrogens with one attached hydrogen (secondary N) is 1. The molecule has 0 heterocycles. The molecule has 5 nitrogen and oxygen atoms in total. The lowest BCUT2D eigenvalue weighted by molar-refractivity contribution is -0.111. The lowest BCUT2D eigenvalue weighted by Gasteiger charge is -2.10. The van der Waals surface area contributed by atoms with Gasteiger partial charge in [0.2, 0.25) is 5.91 Å². The Hall–Kier alpha value is -2.95. The molecule has 24 heavy (non-hydrogen) atoms. The monoisotopic (exact) mass is 327 g/mol. The Morgan fingerprint density at radius 2 is 1.67 bits per heavy atom. The number of anilines is 1. The molecule has 0 saturated heterocycles. The van der Waals surface area contributed by atoms with E-state index in [0.29, 0.717) is 22.9 Å². The van der Waals surface area contributed by atoms with E-state index in [1.165, 1.54) is 6.08 Å². The number of carbonyl (C=O) groups excluding carboxylic acids is 1. The third-order valence-corrected chi connectivity index (χ3v) is 3.46. The first-order valence-electron chi connectivity index (χ1n) is 7.43. The summed E-state index contributed by atoms with van der Waals surface area (Å²) in [5.74, 6) is 1.63. The van der Waals surface area contributed by atoms with Gasteiger partial charge in [0, 0.05) is 17.7 Å². The Morgan fingerprint density at radius 1 is 0.958 bits per heavy atom. The molecule has 0 aromatic heterocycles. The highest BCUT2D eigenvalue weighted by Crippen LogP contribution is 2.29. The normalized spacial score (nSPS) is 10.5. The lowest BCUT2D eigenvalue weighted by atomic mass is 10.1. The predicted octanol–water partition coefficient (Wildman–Crippen LogP) is 3.67. The summed E-state index contributed by atoms with van der Waals surface area (Å²) < 4.78 is 15.7. The summed E-state index contributed by atoms with van der Waals surface area (Å²) in [6.45, 7) is 1.98. The van der Waals surface area contributed by atoms with E-state index in [1.807, 2.05) is 25.1 Å². The second kappa shape index (κ2) is 8.06. The SMILES string of the molecule is COc1ccc(OC)c(NC(=O)/C=C/c2cc(C)ccc2OC)c1. The molecule has 0 fully saturated rings. The van der Waals surface area contributed by atoms with Gasteiger partial charge in [-0.2, -0.15) is 0 Å². The van der Waals surface area contributed by atoms with Crippen molar-refractivity contribution in [3.8, 4) is 17.2 Å². The second-order valence-corrected chi connectivity index (χ2v) is 5.13. The van der Waals surface area contributed by atoms with E-state index in [-0.39, 0.29) is 5.91 Å². The molecule has 0 aliphatic rings. The van der Waals surface area contributed by atoms with Crippen molar-refractivity contribution in [2.24, 2.45) is 0 Å². The van der Waals surface area contributed by atoms with E-state index in [2.05, 4.69) is 5.32 Å². The zero-order chi connectivity index (χ0) is 17.5. The minimum absolute atomic E-state index is 0.273. The van der Waals surface area contributed by atoms with Gasteiger partial charge >= 0.3 is 0 Å². The average Bonchev–Trinajstić information content (AvgIpc) is 2.60. The van der Waals surface area contributed by atoms with Crippen LogP contribution in [0.5, 0.6) is 17.2 Å². The first-order chi connectivity index (χ1) is 11.6. The molecule has 2 rings (SSSR count). The summed E-state index contributed by atoms with van der Waals surface area (Å²) in [7, 11) is 4.71. The molecule has 2 aromatic carbocycles. The Morgan fingerprint density at radius 3 is 2.33 bits per heavy atom. The summed E-state index contributed by atoms with van der Waals surface area (Å²) in [6.07, 6.45) is 3.17. The van der Waals surface area contributed by atoms with E-state index in [4.69, 9.17) is 14.2 Å². The van der Waals surface area contributed by atoms with Gasteiger partial charge in [-0.05, 0) is 37.3 Å². The molecule has 0 aliphatic carbocycles. The first-order valence-corrected chi connectivity index (χ1v) is 7.43. The largest absolute Gasteiger partial charge is 0.497 e. The van der Waals surface area contributed by atoms with Crippen LogP contribution in [-0.2, 0) is 4.79 Å². The quantitative estimate of drug-likeness (QED) is 0.823. The van der Waals surface area contributed by atoms with Crippen LogP contribution in [0, 0.1) is 6.92 Å². The molecule has 5 heteroatoms. The number of hydrogen-bond donors (Lipinski definition) is 1. The van der Waals surface area contributed by atoms with Crippen LogP contribution in [0.2, 0.25) is 0 Å². The predicted molar refractivity (Wildman–Crippen MR) is 94.9 cm³/mol. The molecule has 0 unspecified atom stereocenters. The van der Waals surface area contributed by atoms with Gasteiger partial charge in [0.15, 0.2) is 0 Å². The smallest absolute Gasteiger partial charge is 0.248 e. The molecule has 0 aliphatic heterocycles. The van der Waals surface area contributed by atoms with Gasteiger partial charge in [-0.3, -0.25) is 4.79 Å². The summed E-state index contributed by atoms with van der Waals surface area (Å²) in [4.78, 5) is 12.2. The summed E-state index contributed by atoms with van der Waals surface area (Å²) in [6, 6.07) is 11.0. The van der Waals surface area contributed by atoms with E-state index in [1.54, 1.807) is 45.6 Å². The van der Waals surface area contributed by atoms with Crippen LogP contribution in [0.3, 0.4) is 0 Å². The van der Waals surface area contributed by atoms with E-state index in [0.717, 1.165) is 11.1 Å². The van der Waals surface area contributed by atoms with Gasteiger partial charge in [0.1, 0.15) is 17.2 Å². The molecule has 0 spiro atoms. The van der Waals surface area contributed by atoms with Crippen LogP contribution in [0.4, 0.5) is 5.69 Å². The van der Waals surface area contributed by atoms with E-state index < -0.39 is 0 Å². The number of ether oxygens (including phenoxy) is 3. The van der Waals surface area contributed by atoms with Crippen molar-refractivity contribution in [1.82, 2.24) is 0 Å². The first kappa shape index (κ1) is 17.4. The zero-order valence-corrected chi connectivity index (χ0v) is 14.3. The summed E-state index contributed by atoms with van der Waals surface area (Å²) in [5, 5.41) is 2.79. The Bertz CT molecular complexity index is 753. The molecule has 0 bridgehead atoms. The number of aryl methyl sites for hydroxylation is 1. The molecular weight excluding hydrogens is 306 g/mol. The Labute approximate surface area is 141 Å². The maximum absolute atomic E-state index is 12.2. The van der Waals surface area contributed by atoms with Crippen molar-refractivity contribution >= 4 is 17.7 Å². The second-order valence-electron chi connectivity index (χ2n) is 5.13. The molecule has 1 N–H and O–H groups in total. The molecule has 2 aromatic rings. The van der Waals surface area contributed by atoms with Gasteiger partial charge in [-0.25, -0.2) is 0 Å². The lowest BCUT2D eigenvalue weighted by Crippen LogP contribution is -2.09. The standard InChI is InChI=1S/C19H21NO4/c1-13-5-8-17(23-3)14(11-13)6-10-19(21)20-16-12-15(22-2)7-9-18(16)24-4/h5-12H,1-4H3,(H,20,21)/b10-6+. The zero-order valence-electron chi connectivity index (χ0n) is 14.3. The van der Waals surface area contributed by atoms with E-state index >= 15 is 0 Å². The van der Waals surface area contributed by atoms with E-state index in [9.17, 15) is 4.79 Å². The highest BCUT2D eigenvalue weighted by Gasteiger charge is 2.08. The fourth-order valence-corrected chi connectivity index (χ4v) is 2.24. The van der Waals surface area contributed by atoms with Crippen molar-refractivity contribution < 1.29 is 19.0 Å². The number of amides is 1. The highest BCUT2D eigenvalue weighted by atomic mass is 16.5. The summed E-state index contributed by atoms with van der Waals surface area (Å²) >= 11 is 0. The van der Waals surface area contributed by atoms with Crippen molar-refractivity contribution in [3.05, 3.63) is 53.6 Å². The molecule has 1 amide bonds. The Balaban J connectivity index is 2.18. The van der Waals surface area contributed by atoms with Crippen molar-refractivity contribution in [3.63, 3.8) is 0 Å². The fourth-order valence-electron chi connectivity index (χ4n) is 2.24. The van der Waals surface area contributed by atoms with Crippen LogP contribution in [0.1, 0.15) is 11.1 Å². The minimum atomic E-state index is -0.273. The maximum Gasteiger partial charge on any atom is 0.248 e. The Kier molecular flexibility index (Phi) is 5.84. The number of methoxy groups -OCH3 is 3. The molecule has 126 valence electrons. The highest BCUT2D eigenvalue weighted by molar-refractivity contribution is 6.03. The van der Waals surface area contributed by atoms with Gasteiger partial charge in [-0.1, -0.05) is 11.6 Å². The van der Waals surface area contributed by atoms with Gasteiger partial charge in [0.05, 0.1) is 27.0 Å². The van der Waals surface area contributed by atoms with Crippen LogP contribution in [0.15, 0.2) is 42.5 Å². The van der Waals surface area contributed by atoms with Crippen LogP contribution < -0.4 is 19.5 Å². The van der Waals surface area contributed by atoms with Crippen molar-refractivity contribution in [2.75, 3.05) is 26.6 Å². The third-order valence-electron chi connectivity index (χ3n) is 3.46. The number of rotatable bonds is 6. The number of benzene rings is 2. The van der Waals surface area contributed by atoms with Crippen LogP contribution in [-0.4, -0.2) is 27.2 Å². The van der Waals surface area contributed by atoms with Gasteiger partial charge in [0.25, 0.3) is 0 Å². The molecule has 0 radical (unpaired) electrons. The number of carbonyl (C=O) groups is 1. The molecular formula is C19H21NO4. The van der Waals surface area contributed by atoms with Crippen molar-refractivity contribution in [2.45, 2.75) is 6.92 Å². The van der Waals surface area contributed by atoms with Gasteiger partial charge < -0.3 is 19.5 Å². The molecule has 0 atom stereocenters. The third kappa shape index (κ3) is 4.29.